The van der Waals surface area contributed by atoms with Gasteiger partial charge in [-0.05, 0) is 12.1 Å². The summed E-state index contributed by atoms with van der Waals surface area (Å²) in [6, 6.07) is 27.9. The molecule has 2 aliphatic rings. The van der Waals surface area contributed by atoms with Crippen molar-refractivity contribution in [2.75, 3.05) is 39.4 Å². The third kappa shape index (κ3) is 6.57. The van der Waals surface area contributed by atoms with Crippen LogP contribution in [0.4, 0.5) is 0 Å². The van der Waals surface area contributed by atoms with Gasteiger partial charge in [-0.25, -0.2) is 4.98 Å². The zero-order valence-electron chi connectivity index (χ0n) is 22.3. The lowest BCUT2D eigenvalue weighted by Gasteiger charge is -2.41. The minimum absolute atomic E-state index is 0. The van der Waals surface area contributed by atoms with Crippen molar-refractivity contribution >= 4 is 29.8 Å². The van der Waals surface area contributed by atoms with Crippen molar-refractivity contribution in [2.24, 2.45) is 0 Å². The first-order valence-electron chi connectivity index (χ1n) is 13.6. The number of quaternary nitrogens is 1. The van der Waals surface area contributed by atoms with Crippen molar-refractivity contribution in [3.63, 3.8) is 0 Å². The van der Waals surface area contributed by atoms with Gasteiger partial charge in [-0.1, -0.05) is 72.8 Å². The molecule has 0 atom stereocenters. The number of hydrogen-bond acceptors (Lipinski definition) is 4. The summed E-state index contributed by atoms with van der Waals surface area (Å²) in [4.78, 5) is 8.34. The Morgan fingerprint density at radius 3 is 2.08 bits per heavy atom. The lowest BCUT2D eigenvalue weighted by Crippen LogP contribution is -3.00. The molecule has 0 aliphatic carbocycles. The number of fused-ring (bicyclic) bond motifs is 1. The fourth-order valence-corrected chi connectivity index (χ4v) is 7.24. The van der Waals surface area contributed by atoms with E-state index in [1.165, 1.54) is 0 Å². The molecule has 3 heterocycles. The van der Waals surface area contributed by atoms with Crippen LogP contribution in [0.2, 0.25) is 0 Å². The Hall–Kier alpha value is -3.19. The summed E-state index contributed by atoms with van der Waals surface area (Å²) >= 11 is 0. The number of morpholine rings is 1. The second-order valence-corrected chi connectivity index (χ2v) is 12.5. The molecule has 208 valence electrons. The first-order valence-corrected chi connectivity index (χ1v) is 15.4. The van der Waals surface area contributed by atoms with Crippen LogP contribution in [0.5, 0.6) is 0 Å². The van der Waals surface area contributed by atoms with Crippen molar-refractivity contribution in [1.29, 1.82) is 0 Å². The predicted octanol–water partition coefficient (Wildman–Crippen LogP) is 3.20. The first-order chi connectivity index (χ1) is 19.1. The molecule has 0 spiro atoms. The molecule has 1 aromatic heterocycles. The molecule has 0 bridgehead atoms. The number of aromatic nitrogens is 2. The Labute approximate surface area is 241 Å². The molecule has 0 unspecified atom stereocenters. The van der Waals surface area contributed by atoms with Gasteiger partial charge in [0.1, 0.15) is 31.2 Å². The van der Waals surface area contributed by atoms with Crippen molar-refractivity contribution in [1.82, 2.24) is 15.1 Å². The van der Waals surface area contributed by atoms with Crippen LogP contribution in [-0.2, 0) is 20.6 Å². The van der Waals surface area contributed by atoms with Gasteiger partial charge in [-0.15, -0.1) is 0 Å². The molecule has 2 aliphatic heterocycles. The van der Waals surface area contributed by atoms with Crippen molar-refractivity contribution in [3.05, 3.63) is 114 Å². The summed E-state index contributed by atoms with van der Waals surface area (Å²) < 4.78 is 27.0. The molecule has 9 heteroatoms. The van der Waals surface area contributed by atoms with Gasteiger partial charge >= 0.3 is 0 Å². The summed E-state index contributed by atoms with van der Waals surface area (Å²) in [5.41, 5.74) is 3.88. The molecule has 7 nitrogen and oxygen atoms in total. The smallest absolute Gasteiger partial charge is 0.198 e. The number of imidazole rings is 1. The highest BCUT2D eigenvalue weighted by molar-refractivity contribution is 7.68. The van der Waals surface area contributed by atoms with Gasteiger partial charge < -0.3 is 31.3 Å². The van der Waals surface area contributed by atoms with E-state index >= 15 is 0 Å². The third-order valence-corrected chi connectivity index (χ3v) is 9.42. The molecule has 40 heavy (non-hydrogen) atoms. The van der Waals surface area contributed by atoms with E-state index in [-0.39, 0.29) is 12.4 Å². The monoisotopic (exact) mass is 576 g/mol. The third-order valence-electron chi connectivity index (χ3n) is 7.47. The Bertz CT molecular complexity index is 1440. The lowest BCUT2D eigenvalue weighted by molar-refractivity contribution is -0.948. The van der Waals surface area contributed by atoms with Crippen molar-refractivity contribution < 1.29 is 30.9 Å². The molecule has 6 rings (SSSR count). The van der Waals surface area contributed by atoms with E-state index in [9.17, 15) is 4.57 Å². The maximum atomic E-state index is 14.1. The Morgan fingerprint density at radius 1 is 0.850 bits per heavy atom. The molecule has 1 fully saturated rings. The molecule has 0 amide bonds. The van der Waals surface area contributed by atoms with E-state index < -0.39 is 7.29 Å². The van der Waals surface area contributed by atoms with Crippen LogP contribution < -0.4 is 17.5 Å². The Balaban J connectivity index is 0.00000323. The number of nitrogens with one attached hydrogen (secondary N) is 2. The highest BCUT2D eigenvalue weighted by atomic mass is 35.5. The first kappa shape index (κ1) is 28.3. The Kier molecular flexibility index (Phi) is 8.89. The molecule has 0 radical (unpaired) electrons. The predicted molar refractivity (Wildman–Crippen MR) is 156 cm³/mol. The molecule has 2 N–H and O–H groups in total. The number of H-pyrrole nitrogens is 1. The van der Waals surface area contributed by atoms with Crippen molar-refractivity contribution in [2.45, 2.75) is 13.0 Å². The van der Waals surface area contributed by atoms with Crippen LogP contribution in [-0.4, -0.2) is 53.8 Å². The fourth-order valence-electron chi connectivity index (χ4n) is 5.38. The van der Waals surface area contributed by atoms with E-state index in [4.69, 9.17) is 14.5 Å². The van der Waals surface area contributed by atoms with E-state index in [1.807, 2.05) is 78.9 Å². The van der Waals surface area contributed by atoms with Gasteiger partial charge in [0, 0.05) is 35.7 Å². The highest BCUT2D eigenvalue weighted by Crippen LogP contribution is 2.53. The number of benzene rings is 3. The number of hydrogen-bond donors (Lipinski definition) is 2. The minimum Gasteiger partial charge on any atom is -1.00 e. The molecule has 3 aromatic carbocycles. The van der Waals surface area contributed by atoms with E-state index in [0.717, 1.165) is 78.3 Å². The summed E-state index contributed by atoms with van der Waals surface area (Å²) in [6.07, 6.45) is 0.883. The lowest BCUT2D eigenvalue weighted by atomic mass is 10.2. The molecule has 4 aromatic rings. The normalized spacial score (nSPS) is 17.8. The Morgan fingerprint density at radius 2 is 1.45 bits per heavy atom. The fraction of sp³-hybridized carbons (Fsp3) is 0.258. The molecular formula is C31H34ClN4O3P. The number of rotatable bonds is 9. The maximum absolute atomic E-state index is 14.1. The van der Waals surface area contributed by atoms with E-state index in [2.05, 4.69) is 16.1 Å². The van der Waals surface area contributed by atoms with Crippen LogP contribution >= 0.6 is 7.29 Å². The van der Waals surface area contributed by atoms with Crippen LogP contribution in [0, 0.1) is 0 Å². The van der Waals surface area contributed by atoms with Gasteiger partial charge in [0.25, 0.3) is 0 Å². The largest absolute Gasteiger partial charge is 1.00 e. The quantitative estimate of drug-likeness (QED) is 0.182. The van der Waals surface area contributed by atoms with Gasteiger partial charge in [0.05, 0.1) is 30.8 Å². The average Bonchev–Trinajstić information content (AvgIpc) is 3.38. The van der Waals surface area contributed by atoms with Crippen LogP contribution in [0.3, 0.4) is 0 Å². The number of nitrogens with zero attached hydrogens (tertiary/aromatic N) is 2. The zero-order chi connectivity index (χ0) is 26.5. The summed E-state index contributed by atoms with van der Waals surface area (Å²) in [5.74, 6) is 5.78. The number of ether oxygens (including phenoxy) is 2. The van der Waals surface area contributed by atoms with Gasteiger partial charge in [-0.2, -0.15) is 0 Å². The topological polar surface area (TPSA) is 76.2 Å². The molecule has 1 saturated heterocycles. The van der Waals surface area contributed by atoms with Crippen LogP contribution in [0.15, 0.2) is 96.6 Å². The maximum Gasteiger partial charge on any atom is 0.198 e. The second kappa shape index (κ2) is 12.5. The molecular weight excluding hydrogens is 543 g/mol. The van der Waals surface area contributed by atoms with E-state index in [1.54, 1.807) is 11.6 Å². The van der Waals surface area contributed by atoms with Gasteiger partial charge in [0.2, 0.25) is 0 Å². The SMILES string of the molecule is O=P1(NCCC[N+]2(Cc3nc4ccccc4[nH]3)CCOCC2)C=C(c2ccccc2)OC(c2ccccc2)=C1.[Cl-]. The molecule has 0 saturated carbocycles. The summed E-state index contributed by atoms with van der Waals surface area (Å²) in [5, 5.41) is 3.40. The van der Waals surface area contributed by atoms with E-state index in [0.29, 0.717) is 18.1 Å². The average molecular weight is 577 g/mol. The number of aromatic amines is 1. The number of halogens is 1. The minimum atomic E-state index is -2.98. The van der Waals surface area contributed by atoms with Gasteiger partial charge in [-0.3, -0.25) is 9.65 Å². The highest BCUT2D eigenvalue weighted by Gasteiger charge is 2.32. The van der Waals surface area contributed by atoms with Gasteiger partial charge in [0.15, 0.2) is 13.1 Å². The van der Waals surface area contributed by atoms with Crippen LogP contribution in [0.25, 0.3) is 22.6 Å². The summed E-state index contributed by atoms with van der Waals surface area (Å²) in [7, 11) is -2.98. The van der Waals surface area contributed by atoms with Crippen molar-refractivity contribution in [3.8, 4) is 0 Å². The second-order valence-electron chi connectivity index (χ2n) is 10.3. The summed E-state index contributed by atoms with van der Waals surface area (Å²) in [6.45, 7) is 5.80. The standard InChI is InChI=1S/C31H34N4O3P.ClH/c36-39(23-29(25-10-3-1-4-11-25)38-30(24-39)26-12-5-2-6-13-26)32-16-9-17-35(18-20-37-21-19-35)22-31-33-27-14-7-8-15-28(27)34-31;/h1-8,10-15,23-24H,9,16-22H2,(H,32,36)(H,33,34);1H/q+1;/p-1. The zero-order valence-corrected chi connectivity index (χ0v) is 24.0. The number of para-hydroxylation sites is 2. The van der Waals surface area contributed by atoms with Crippen LogP contribution in [0.1, 0.15) is 23.4 Å².